The highest BCUT2D eigenvalue weighted by Gasteiger charge is 2.21. The molecule has 1 aromatic heterocycles. The molecule has 2 heterocycles. The van der Waals surface area contributed by atoms with Crippen LogP contribution in [0.25, 0.3) is 10.2 Å². The predicted molar refractivity (Wildman–Crippen MR) is 143 cm³/mol. The molecule has 2 aromatic carbocycles. The second-order valence-corrected chi connectivity index (χ2v) is 10.6. The third kappa shape index (κ3) is 7.29. The van der Waals surface area contributed by atoms with E-state index in [1.54, 1.807) is 23.9 Å². The summed E-state index contributed by atoms with van der Waals surface area (Å²) in [5.74, 6) is 0.419. The van der Waals surface area contributed by atoms with E-state index in [-0.39, 0.29) is 24.1 Å². The van der Waals surface area contributed by atoms with Crippen molar-refractivity contribution >= 4 is 68.4 Å². The molecule has 10 heteroatoms. The third-order valence-corrected chi connectivity index (χ3v) is 7.79. The van der Waals surface area contributed by atoms with Crippen LogP contribution in [-0.2, 0) is 9.53 Å². The molecule has 5 nitrogen and oxygen atoms in total. The van der Waals surface area contributed by atoms with E-state index in [2.05, 4.69) is 4.90 Å². The van der Waals surface area contributed by atoms with Gasteiger partial charge < -0.3 is 4.74 Å². The Morgan fingerprint density at radius 2 is 2.00 bits per heavy atom. The summed E-state index contributed by atoms with van der Waals surface area (Å²) in [5, 5.41) is 1.39. The van der Waals surface area contributed by atoms with Crippen LogP contribution < -0.4 is 4.90 Å². The molecule has 3 aromatic rings. The Labute approximate surface area is 219 Å². The fourth-order valence-electron chi connectivity index (χ4n) is 3.78. The average molecular weight is 545 g/mol. The number of rotatable bonds is 9. The first-order valence-electron chi connectivity index (χ1n) is 11.0. The van der Waals surface area contributed by atoms with Crippen molar-refractivity contribution in [3.05, 3.63) is 52.8 Å². The van der Waals surface area contributed by atoms with E-state index < -0.39 is 0 Å². The second kappa shape index (κ2) is 13.0. The number of hydrogen-bond donors (Lipinski definition) is 0. The SMILES string of the molecule is Cc1cc(Cl)cc2sc(N(CCCN3CCOCC3)C(=O)CCSc3ccc(F)cc3)nc12.Cl. The maximum atomic E-state index is 13.3. The highest BCUT2D eigenvalue weighted by molar-refractivity contribution is 7.99. The van der Waals surface area contributed by atoms with Gasteiger partial charge in [0, 0.05) is 48.3 Å². The number of hydrogen-bond acceptors (Lipinski definition) is 6. The molecule has 0 spiro atoms. The number of aromatic nitrogens is 1. The molecule has 4 rings (SSSR count). The number of fused-ring (bicyclic) bond motifs is 1. The molecule has 184 valence electrons. The Kier molecular flexibility index (Phi) is 10.4. The highest BCUT2D eigenvalue weighted by Crippen LogP contribution is 2.33. The number of ether oxygens (including phenoxy) is 1. The van der Waals surface area contributed by atoms with Gasteiger partial charge in [-0.1, -0.05) is 22.9 Å². The summed E-state index contributed by atoms with van der Waals surface area (Å²) in [7, 11) is 0. The maximum Gasteiger partial charge on any atom is 0.229 e. The van der Waals surface area contributed by atoms with Crippen molar-refractivity contribution in [1.82, 2.24) is 9.88 Å². The number of halogens is 3. The Balaban J connectivity index is 0.00000324. The van der Waals surface area contributed by atoms with E-state index in [0.717, 1.165) is 59.9 Å². The van der Waals surface area contributed by atoms with Crippen molar-refractivity contribution in [3.8, 4) is 0 Å². The smallest absolute Gasteiger partial charge is 0.229 e. The summed E-state index contributed by atoms with van der Waals surface area (Å²) in [4.78, 5) is 23.2. The van der Waals surface area contributed by atoms with E-state index in [0.29, 0.717) is 28.9 Å². The molecule has 1 aliphatic heterocycles. The van der Waals surface area contributed by atoms with Gasteiger partial charge in [0.25, 0.3) is 0 Å². The normalized spacial score (nSPS) is 14.2. The first-order valence-corrected chi connectivity index (χ1v) is 13.2. The van der Waals surface area contributed by atoms with Crippen LogP contribution >= 0.6 is 47.1 Å². The van der Waals surface area contributed by atoms with Crippen LogP contribution in [0.15, 0.2) is 41.3 Å². The lowest BCUT2D eigenvalue weighted by atomic mass is 10.2. The van der Waals surface area contributed by atoms with Gasteiger partial charge in [-0.3, -0.25) is 14.6 Å². The molecular formula is C24H28Cl2FN3O2S2. The fourth-order valence-corrected chi connectivity index (χ4v) is 6.09. The number of nitrogens with zero attached hydrogens (tertiary/aromatic N) is 3. The molecule has 1 aliphatic rings. The summed E-state index contributed by atoms with van der Waals surface area (Å²) >= 11 is 9.30. The summed E-state index contributed by atoms with van der Waals surface area (Å²) in [5.41, 5.74) is 1.90. The topological polar surface area (TPSA) is 45.7 Å². The van der Waals surface area contributed by atoms with Gasteiger partial charge >= 0.3 is 0 Å². The van der Waals surface area contributed by atoms with Crippen LogP contribution in [0.3, 0.4) is 0 Å². The molecular weight excluding hydrogens is 516 g/mol. The van der Waals surface area contributed by atoms with Gasteiger partial charge in [-0.05, 0) is 55.3 Å². The number of morpholine rings is 1. The van der Waals surface area contributed by atoms with Gasteiger partial charge in [-0.15, -0.1) is 24.2 Å². The van der Waals surface area contributed by atoms with Crippen LogP contribution in [0.5, 0.6) is 0 Å². The minimum Gasteiger partial charge on any atom is -0.379 e. The van der Waals surface area contributed by atoms with Crippen molar-refractivity contribution in [2.24, 2.45) is 0 Å². The van der Waals surface area contributed by atoms with E-state index in [1.165, 1.54) is 23.5 Å². The molecule has 0 atom stereocenters. The van der Waals surface area contributed by atoms with Gasteiger partial charge in [0.1, 0.15) is 5.82 Å². The molecule has 1 amide bonds. The number of carbonyl (C=O) groups is 1. The zero-order valence-electron chi connectivity index (χ0n) is 19.0. The van der Waals surface area contributed by atoms with E-state index in [9.17, 15) is 9.18 Å². The summed E-state index contributed by atoms with van der Waals surface area (Å²) in [6.45, 7) is 6.92. The van der Waals surface area contributed by atoms with Crippen LogP contribution in [0.4, 0.5) is 9.52 Å². The van der Waals surface area contributed by atoms with Crippen LogP contribution in [0.2, 0.25) is 5.02 Å². The standard InChI is InChI=1S/C24H27ClFN3O2S2.ClH/c1-17-15-18(25)16-21-23(17)27-24(33-21)29(9-2-8-28-10-12-31-13-11-28)22(30)7-14-32-20-5-3-19(26)4-6-20;/h3-6,15-16H,2,7-14H2,1H3;1H. The lowest BCUT2D eigenvalue weighted by molar-refractivity contribution is -0.118. The summed E-state index contributed by atoms with van der Waals surface area (Å²) < 4.78 is 19.5. The van der Waals surface area contributed by atoms with Gasteiger partial charge in [0.05, 0.1) is 23.4 Å². The minimum absolute atomic E-state index is 0. The minimum atomic E-state index is -0.256. The van der Waals surface area contributed by atoms with E-state index >= 15 is 0 Å². The largest absolute Gasteiger partial charge is 0.379 e. The quantitative estimate of drug-likeness (QED) is 0.307. The second-order valence-electron chi connectivity index (χ2n) is 7.97. The Hall–Kier alpha value is -1.42. The van der Waals surface area contributed by atoms with Gasteiger partial charge in [-0.25, -0.2) is 9.37 Å². The average Bonchev–Trinajstić information content (AvgIpc) is 3.22. The number of anilines is 1. The number of benzene rings is 2. The zero-order chi connectivity index (χ0) is 23.2. The molecule has 0 saturated carbocycles. The van der Waals surface area contributed by atoms with Crippen LogP contribution in [0.1, 0.15) is 18.4 Å². The predicted octanol–water partition coefficient (Wildman–Crippen LogP) is 6.06. The molecule has 0 unspecified atom stereocenters. The molecule has 1 fully saturated rings. The molecule has 0 aliphatic carbocycles. The first-order chi connectivity index (χ1) is 16.0. The van der Waals surface area contributed by atoms with Crippen LogP contribution in [0, 0.1) is 12.7 Å². The van der Waals surface area contributed by atoms with Gasteiger partial charge in [0.2, 0.25) is 5.91 Å². The molecule has 0 N–H and O–H groups in total. The lowest BCUT2D eigenvalue weighted by Gasteiger charge is -2.27. The van der Waals surface area contributed by atoms with Crippen LogP contribution in [-0.4, -0.2) is 60.9 Å². The Morgan fingerprint density at radius 1 is 1.26 bits per heavy atom. The number of carbonyl (C=O) groups excluding carboxylic acids is 1. The molecule has 0 bridgehead atoms. The number of amides is 1. The summed E-state index contributed by atoms with van der Waals surface area (Å²) in [6, 6.07) is 10.2. The van der Waals surface area contributed by atoms with Crippen molar-refractivity contribution in [1.29, 1.82) is 0 Å². The number of aryl methyl sites for hydroxylation is 1. The van der Waals surface area contributed by atoms with Crippen molar-refractivity contribution < 1.29 is 13.9 Å². The zero-order valence-corrected chi connectivity index (χ0v) is 22.2. The summed E-state index contributed by atoms with van der Waals surface area (Å²) in [6.07, 6.45) is 1.25. The van der Waals surface area contributed by atoms with Crippen molar-refractivity contribution in [2.45, 2.75) is 24.7 Å². The first kappa shape index (κ1) is 27.2. The fraction of sp³-hybridized carbons (Fsp3) is 0.417. The third-order valence-electron chi connectivity index (χ3n) is 5.53. The van der Waals surface area contributed by atoms with Gasteiger partial charge in [-0.2, -0.15) is 0 Å². The van der Waals surface area contributed by atoms with Crippen molar-refractivity contribution in [2.75, 3.05) is 50.0 Å². The molecule has 34 heavy (non-hydrogen) atoms. The Bertz CT molecular complexity index is 1090. The number of thioether (sulfide) groups is 1. The lowest BCUT2D eigenvalue weighted by Crippen LogP contribution is -2.39. The van der Waals surface area contributed by atoms with Gasteiger partial charge in [0.15, 0.2) is 5.13 Å². The van der Waals surface area contributed by atoms with Crippen molar-refractivity contribution in [3.63, 3.8) is 0 Å². The van der Waals surface area contributed by atoms with E-state index in [4.69, 9.17) is 21.3 Å². The number of thiazole rings is 1. The molecule has 1 saturated heterocycles. The maximum absolute atomic E-state index is 13.3. The Morgan fingerprint density at radius 3 is 2.74 bits per heavy atom. The monoisotopic (exact) mass is 543 g/mol. The highest BCUT2D eigenvalue weighted by atomic mass is 35.5. The molecule has 0 radical (unpaired) electrons. The van der Waals surface area contributed by atoms with E-state index in [1.807, 2.05) is 24.0 Å².